The lowest BCUT2D eigenvalue weighted by atomic mass is 10.1. The van der Waals surface area contributed by atoms with E-state index in [1.807, 2.05) is 6.07 Å². The van der Waals surface area contributed by atoms with Gasteiger partial charge >= 0.3 is 0 Å². The summed E-state index contributed by atoms with van der Waals surface area (Å²) in [6.07, 6.45) is 5.18. The molecule has 110 valence electrons. The van der Waals surface area contributed by atoms with Crippen LogP contribution in [0.1, 0.15) is 31.2 Å². The van der Waals surface area contributed by atoms with Gasteiger partial charge in [-0.3, -0.25) is 0 Å². The molecule has 0 spiro atoms. The molecule has 2 fully saturated rings. The Labute approximate surface area is 122 Å². The van der Waals surface area contributed by atoms with Crippen LogP contribution in [0.15, 0.2) is 24.3 Å². The van der Waals surface area contributed by atoms with Crippen molar-refractivity contribution in [3.05, 3.63) is 29.8 Å². The van der Waals surface area contributed by atoms with Crippen molar-refractivity contribution in [2.45, 2.75) is 44.7 Å². The van der Waals surface area contributed by atoms with Crippen LogP contribution in [-0.2, 0) is 0 Å². The van der Waals surface area contributed by atoms with Crippen LogP contribution in [-0.4, -0.2) is 43.2 Å². The van der Waals surface area contributed by atoms with Crippen LogP contribution in [0.4, 0.5) is 0 Å². The van der Waals surface area contributed by atoms with Gasteiger partial charge in [0.25, 0.3) is 0 Å². The zero-order valence-corrected chi connectivity index (χ0v) is 12.5. The molecule has 20 heavy (non-hydrogen) atoms. The second-order valence-electron chi connectivity index (χ2n) is 6.25. The molecule has 0 saturated carbocycles. The van der Waals surface area contributed by atoms with E-state index in [0.717, 1.165) is 37.4 Å². The quantitative estimate of drug-likeness (QED) is 0.835. The summed E-state index contributed by atoms with van der Waals surface area (Å²) in [5.74, 6) is 1.00. The molecule has 0 amide bonds. The number of hydrogen-bond donors (Lipinski definition) is 1. The van der Waals surface area contributed by atoms with Crippen molar-refractivity contribution in [2.24, 2.45) is 0 Å². The molecule has 2 aliphatic rings. The Bertz CT molecular complexity index is 435. The number of nitrogens with zero attached hydrogens (tertiary/aromatic N) is 1. The number of benzene rings is 1. The fourth-order valence-corrected chi connectivity index (χ4v) is 3.40. The molecule has 2 unspecified atom stereocenters. The van der Waals surface area contributed by atoms with Gasteiger partial charge in [0.05, 0.1) is 6.61 Å². The molecule has 0 aliphatic carbocycles. The number of likely N-dealkylation sites (tertiary alicyclic amines) is 1. The van der Waals surface area contributed by atoms with Gasteiger partial charge in [0.2, 0.25) is 0 Å². The third-order valence-corrected chi connectivity index (χ3v) is 4.48. The summed E-state index contributed by atoms with van der Waals surface area (Å²) in [5, 5.41) is 3.73. The maximum absolute atomic E-state index is 5.83. The molecular weight excluding hydrogens is 248 g/mol. The number of aryl methyl sites for hydroxylation is 1. The maximum atomic E-state index is 5.83. The standard InChI is InChI=1S/C17H26N2O/c1-14-4-2-5-17(12-14)20-11-3-9-19-10-8-15-6-7-16(13-19)18-15/h2,4-5,12,15-16,18H,3,6-11,13H2,1H3. The van der Waals surface area contributed by atoms with Crippen LogP contribution >= 0.6 is 0 Å². The van der Waals surface area contributed by atoms with Gasteiger partial charge in [0, 0.05) is 25.2 Å². The first-order valence-corrected chi connectivity index (χ1v) is 7.97. The highest BCUT2D eigenvalue weighted by molar-refractivity contribution is 5.27. The van der Waals surface area contributed by atoms with Gasteiger partial charge < -0.3 is 15.0 Å². The second-order valence-corrected chi connectivity index (χ2v) is 6.25. The summed E-state index contributed by atoms with van der Waals surface area (Å²) in [7, 11) is 0. The first kappa shape index (κ1) is 13.9. The molecule has 0 radical (unpaired) electrons. The SMILES string of the molecule is Cc1cccc(OCCCN2CCC3CCC(C2)N3)c1. The minimum atomic E-state index is 0.736. The molecule has 2 heterocycles. The summed E-state index contributed by atoms with van der Waals surface area (Å²) < 4.78 is 5.83. The summed E-state index contributed by atoms with van der Waals surface area (Å²) in [6, 6.07) is 9.83. The summed E-state index contributed by atoms with van der Waals surface area (Å²) in [4.78, 5) is 2.61. The van der Waals surface area contributed by atoms with E-state index in [9.17, 15) is 0 Å². The summed E-state index contributed by atoms with van der Waals surface area (Å²) in [5.41, 5.74) is 1.26. The summed E-state index contributed by atoms with van der Waals surface area (Å²) in [6.45, 7) is 6.56. The largest absolute Gasteiger partial charge is 0.494 e. The van der Waals surface area contributed by atoms with E-state index in [1.165, 1.54) is 37.9 Å². The van der Waals surface area contributed by atoms with Gasteiger partial charge in [-0.15, -0.1) is 0 Å². The molecule has 2 saturated heterocycles. The first-order chi connectivity index (χ1) is 9.79. The lowest BCUT2D eigenvalue weighted by Gasteiger charge is -2.23. The molecule has 3 nitrogen and oxygen atoms in total. The molecule has 0 aromatic heterocycles. The van der Waals surface area contributed by atoms with Crippen molar-refractivity contribution in [2.75, 3.05) is 26.2 Å². The smallest absolute Gasteiger partial charge is 0.119 e. The van der Waals surface area contributed by atoms with Crippen LogP contribution in [0, 0.1) is 6.92 Å². The van der Waals surface area contributed by atoms with Gasteiger partial charge in [-0.25, -0.2) is 0 Å². The Kier molecular flexibility index (Phi) is 4.58. The van der Waals surface area contributed by atoms with Crippen LogP contribution in [0.2, 0.25) is 0 Å². The molecule has 2 bridgehead atoms. The number of hydrogen-bond acceptors (Lipinski definition) is 3. The van der Waals surface area contributed by atoms with Gasteiger partial charge in [-0.1, -0.05) is 12.1 Å². The van der Waals surface area contributed by atoms with Gasteiger partial charge in [0.1, 0.15) is 5.75 Å². The van der Waals surface area contributed by atoms with E-state index < -0.39 is 0 Å². The van der Waals surface area contributed by atoms with Gasteiger partial charge in [0.15, 0.2) is 0 Å². The summed E-state index contributed by atoms with van der Waals surface area (Å²) >= 11 is 0. The normalized spacial score (nSPS) is 26.4. The zero-order chi connectivity index (χ0) is 13.8. The predicted octanol–water partition coefficient (Wildman–Crippen LogP) is 2.59. The average Bonchev–Trinajstić information content (AvgIpc) is 2.77. The fourth-order valence-electron chi connectivity index (χ4n) is 3.40. The zero-order valence-electron chi connectivity index (χ0n) is 12.5. The Morgan fingerprint density at radius 3 is 3.05 bits per heavy atom. The van der Waals surface area contributed by atoms with Crippen molar-refractivity contribution >= 4 is 0 Å². The molecule has 3 rings (SSSR count). The topological polar surface area (TPSA) is 24.5 Å². The van der Waals surface area contributed by atoms with Crippen molar-refractivity contribution in [1.29, 1.82) is 0 Å². The maximum Gasteiger partial charge on any atom is 0.119 e. The molecule has 1 N–H and O–H groups in total. The van der Waals surface area contributed by atoms with E-state index in [-0.39, 0.29) is 0 Å². The Morgan fingerprint density at radius 2 is 2.15 bits per heavy atom. The molecular formula is C17H26N2O. The van der Waals surface area contributed by atoms with Crippen molar-refractivity contribution < 1.29 is 4.74 Å². The first-order valence-electron chi connectivity index (χ1n) is 7.97. The number of nitrogens with one attached hydrogen (secondary N) is 1. The highest BCUT2D eigenvalue weighted by Gasteiger charge is 2.28. The predicted molar refractivity (Wildman–Crippen MR) is 82.3 cm³/mol. The average molecular weight is 274 g/mol. The van der Waals surface area contributed by atoms with Gasteiger partial charge in [-0.2, -0.15) is 0 Å². The van der Waals surface area contributed by atoms with Crippen molar-refractivity contribution in [3.8, 4) is 5.75 Å². The number of ether oxygens (including phenoxy) is 1. The van der Waals surface area contributed by atoms with E-state index in [1.54, 1.807) is 0 Å². The molecule has 1 aromatic carbocycles. The second kappa shape index (κ2) is 6.59. The third-order valence-electron chi connectivity index (χ3n) is 4.48. The van der Waals surface area contributed by atoms with Crippen LogP contribution in [0.3, 0.4) is 0 Å². The van der Waals surface area contributed by atoms with E-state index in [4.69, 9.17) is 4.74 Å². The molecule has 1 aromatic rings. The minimum absolute atomic E-state index is 0.736. The van der Waals surface area contributed by atoms with Crippen molar-refractivity contribution in [1.82, 2.24) is 10.2 Å². The highest BCUT2D eigenvalue weighted by atomic mass is 16.5. The molecule has 2 atom stereocenters. The van der Waals surface area contributed by atoms with E-state index in [2.05, 4.69) is 35.3 Å². The van der Waals surface area contributed by atoms with E-state index in [0.29, 0.717) is 0 Å². The Hall–Kier alpha value is -1.06. The molecule has 2 aliphatic heterocycles. The minimum Gasteiger partial charge on any atom is -0.494 e. The Balaban J connectivity index is 1.37. The van der Waals surface area contributed by atoms with Crippen molar-refractivity contribution in [3.63, 3.8) is 0 Å². The fraction of sp³-hybridized carbons (Fsp3) is 0.647. The van der Waals surface area contributed by atoms with Crippen LogP contribution in [0.5, 0.6) is 5.75 Å². The van der Waals surface area contributed by atoms with Crippen LogP contribution in [0.25, 0.3) is 0 Å². The van der Waals surface area contributed by atoms with Gasteiger partial charge in [-0.05, 0) is 56.8 Å². The molecule has 3 heteroatoms. The monoisotopic (exact) mass is 274 g/mol. The number of fused-ring (bicyclic) bond motifs is 2. The highest BCUT2D eigenvalue weighted by Crippen LogP contribution is 2.20. The Morgan fingerprint density at radius 1 is 1.25 bits per heavy atom. The lowest BCUT2D eigenvalue weighted by molar-refractivity contribution is 0.225. The van der Waals surface area contributed by atoms with E-state index >= 15 is 0 Å². The third kappa shape index (κ3) is 3.74. The van der Waals surface area contributed by atoms with Crippen LogP contribution < -0.4 is 10.1 Å². The number of rotatable bonds is 5. The lowest BCUT2D eigenvalue weighted by Crippen LogP contribution is -2.36.